The number of ether oxygens (including phenoxy) is 1. The molecule has 3 heteroatoms. The molecule has 0 fully saturated rings. The zero-order valence-corrected chi connectivity index (χ0v) is 11.1. The second-order valence-corrected chi connectivity index (χ2v) is 4.75. The van der Waals surface area contributed by atoms with Crippen LogP contribution in [0.3, 0.4) is 0 Å². The van der Waals surface area contributed by atoms with E-state index >= 15 is 0 Å². The van der Waals surface area contributed by atoms with E-state index in [0.717, 1.165) is 18.5 Å². The van der Waals surface area contributed by atoms with E-state index in [1.54, 1.807) is 7.11 Å². The van der Waals surface area contributed by atoms with Crippen molar-refractivity contribution in [3.8, 4) is 0 Å². The summed E-state index contributed by atoms with van der Waals surface area (Å²) in [5, 5.41) is 3.42. The quantitative estimate of drug-likeness (QED) is 0.824. The Balaban J connectivity index is 2.76. The van der Waals surface area contributed by atoms with Crippen LogP contribution in [0.2, 0.25) is 0 Å². The van der Waals surface area contributed by atoms with Crippen LogP contribution in [-0.4, -0.2) is 25.3 Å². The first kappa shape index (κ1) is 14.1. The van der Waals surface area contributed by atoms with Crippen molar-refractivity contribution in [2.24, 2.45) is 0 Å². The van der Waals surface area contributed by atoms with E-state index < -0.39 is 0 Å². The van der Waals surface area contributed by atoms with Gasteiger partial charge in [-0.05, 0) is 44.5 Å². The van der Waals surface area contributed by atoms with E-state index in [9.17, 15) is 4.39 Å². The Morgan fingerprint density at radius 2 is 1.88 bits per heavy atom. The zero-order valence-electron chi connectivity index (χ0n) is 11.1. The highest BCUT2D eigenvalue weighted by Crippen LogP contribution is 2.18. The maximum atomic E-state index is 12.8. The number of halogens is 1. The van der Waals surface area contributed by atoms with E-state index in [0.29, 0.717) is 0 Å². The molecule has 2 nitrogen and oxygen atoms in total. The molecule has 0 spiro atoms. The molecule has 1 aromatic carbocycles. The van der Waals surface area contributed by atoms with Gasteiger partial charge in [0.15, 0.2) is 0 Å². The largest absolute Gasteiger partial charge is 0.377 e. The fourth-order valence-electron chi connectivity index (χ4n) is 1.81. The van der Waals surface area contributed by atoms with Crippen LogP contribution in [0.4, 0.5) is 4.39 Å². The summed E-state index contributed by atoms with van der Waals surface area (Å²) >= 11 is 0. The third-order valence-corrected chi connectivity index (χ3v) is 3.17. The number of methoxy groups -OCH3 is 1. The first-order chi connectivity index (χ1) is 7.99. The number of hydrogen-bond donors (Lipinski definition) is 1. The van der Waals surface area contributed by atoms with Crippen molar-refractivity contribution >= 4 is 0 Å². The molecule has 0 aromatic heterocycles. The lowest BCUT2D eigenvalue weighted by molar-refractivity contribution is -0.00960. The maximum Gasteiger partial charge on any atom is 0.123 e. The lowest BCUT2D eigenvalue weighted by Gasteiger charge is -2.34. The molecule has 1 unspecified atom stereocenters. The van der Waals surface area contributed by atoms with Gasteiger partial charge in [0.25, 0.3) is 0 Å². The van der Waals surface area contributed by atoms with E-state index in [1.807, 2.05) is 12.1 Å². The van der Waals surface area contributed by atoms with Crippen LogP contribution in [0.5, 0.6) is 0 Å². The first-order valence-corrected chi connectivity index (χ1v) is 6.02. The molecule has 1 N–H and O–H groups in total. The second kappa shape index (κ2) is 6.12. The van der Waals surface area contributed by atoms with Crippen molar-refractivity contribution < 1.29 is 9.13 Å². The molecule has 0 aliphatic rings. The Hall–Kier alpha value is -0.930. The van der Waals surface area contributed by atoms with E-state index in [4.69, 9.17) is 4.74 Å². The molecule has 0 saturated carbocycles. The van der Waals surface area contributed by atoms with Gasteiger partial charge in [-0.15, -0.1) is 0 Å². The predicted molar refractivity (Wildman–Crippen MR) is 68.7 cm³/mol. The summed E-state index contributed by atoms with van der Waals surface area (Å²) in [6.45, 7) is 7.08. The fourth-order valence-corrected chi connectivity index (χ4v) is 1.81. The van der Waals surface area contributed by atoms with Gasteiger partial charge in [0.05, 0.1) is 5.60 Å². The summed E-state index contributed by atoms with van der Waals surface area (Å²) in [5.74, 6) is -0.195. The number of nitrogens with one attached hydrogen (secondary N) is 1. The summed E-state index contributed by atoms with van der Waals surface area (Å²) in [5.41, 5.74) is 0.868. The number of hydrogen-bond acceptors (Lipinski definition) is 2. The van der Waals surface area contributed by atoms with Crippen LogP contribution in [0.1, 0.15) is 26.3 Å². The lowest BCUT2D eigenvalue weighted by atomic mass is 9.92. The third-order valence-electron chi connectivity index (χ3n) is 3.17. The van der Waals surface area contributed by atoms with Crippen LogP contribution in [0.15, 0.2) is 24.3 Å². The monoisotopic (exact) mass is 239 g/mol. The Labute approximate surface area is 103 Å². The molecule has 0 heterocycles. The Morgan fingerprint density at radius 3 is 2.35 bits per heavy atom. The van der Waals surface area contributed by atoms with Crippen LogP contribution in [0, 0.1) is 5.82 Å². The van der Waals surface area contributed by atoms with Crippen molar-refractivity contribution in [2.45, 2.75) is 38.8 Å². The maximum absolute atomic E-state index is 12.8. The molecular weight excluding hydrogens is 217 g/mol. The average Bonchev–Trinajstić information content (AvgIpc) is 2.31. The van der Waals surface area contributed by atoms with Gasteiger partial charge >= 0.3 is 0 Å². The van der Waals surface area contributed by atoms with Crippen LogP contribution >= 0.6 is 0 Å². The second-order valence-electron chi connectivity index (χ2n) is 4.75. The Bertz CT molecular complexity index is 335. The van der Waals surface area contributed by atoms with Crippen molar-refractivity contribution in [3.63, 3.8) is 0 Å². The third kappa shape index (κ3) is 4.10. The Kier molecular flexibility index (Phi) is 5.09. The molecule has 0 aliphatic carbocycles. The number of likely N-dealkylation sites (N-methyl/N-ethyl adjacent to an activating group) is 1. The van der Waals surface area contributed by atoms with Crippen LogP contribution < -0.4 is 5.32 Å². The lowest BCUT2D eigenvalue weighted by Crippen LogP contribution is -2.49. The smallest absolute Gasteiger partial charge is 0.123 e. The molecule has 0 amide bonds. The normalized spacial score (nSPS) is 13.7. The summed E-state index contributed by atoms with van der Waals surface area (Å²) in [6.07, 6.45) is 0.828. The summed E-state index contributed by atoms with van der Waals surface area (Å²) < 4.78 is 18.3. The first-order valence-electron chi connectivity index (χ1n) is 6.02. The topological polar surface area (TPSA) is 21.3 Å². The fraction of sp³-hybridized carbons (Fsp3) is 0.571. The van der Waals surface area contributed by atoms with Gasteiger partial charge in [-0.3, -0.25) is 0 Å². The number of benzene rings is 1. The predicted octanol–water partition coefficient (Wildman–Crippen LogP) is 2.77. The highest BCUT2D eigenvalue weighted by molar-refractivity contribution is 5.18. The molecule has 1 rings (SSSR count). The van der Waals surface area contributed by atoms with Gasteiger partial charge in [-0.2, -0.15) is 0 Å². The minimum absolute atomic E-state index is 0.195. The van der Waals surface area contributed by atoms with Gasteiger partial charge in [-0.25, -0.2) is 4.39 Å². The minimum atomic E-state index is -0.246. The van der Waals surface area contributed by atoms with E-state index in [1.165, 1.54) is 12.1 Å². The molecule has 1 atom stereocenters. The van der Waals surface area contributed by atoms with Gasteiger partial charge in [0.2, 0.25) is 0 Å². The van der Waals surface area contributed by atoms with Crippen molar-refractivity contribution in [1.82, 2.24) is 5.32 Å². The molecule has 1 aromatic rings. The van der Waals surface area contributed by atoms with Crippen LogP contribution in [-0.2, 0) is 11.2 Å². The SMILES string of the molecule is CCNC(Cc1ccc(F)cc1)C(C)(C)OC. The van der Waals surface area contributed by atoms with Gasteiger partial charge < -0.3 is 10.1 Å². The highest BCUT2D eigenvalue weighted by Gasteiger charge is 2.28. The van der Waals surface area contributed by atoms with E-state index in [-0.39, 0.29) is 17.5 Å². The number of rotatable bonds is 6. The minimum Gasteiger partial charge on any atom is -0.377 e. The summed E-state index contributed by atoms with van der Waals surface area (Å²) in [7, 11) is 1.72. The summed E-state index contributed by atoms with van der Waals surface area (Å²) in [6, 6.07) is 6.86. The summed E-state index contributed by atoms with van der Waals surface area (Å²) in [4.78, 5) is 0. The van der Waals surface area contributed by atoms with Crippen LogP contribution in [0.25, 0.3) is 0 Å². The Morgan fingerprint density at radius 1 is 1.29 bits per heavy atom. The molecule has 0 radical (unpaired) electrons. The van der Waals surface area contributed by atoms with E-state index in [2.05, 4.69) is 26.1 Å². The van der Waals surface area contributed by atoms with Crippen molar-refractivity contribution in [2.75, 3.05) is 13.7 Å². The van der Waals surface area contributed by atoms with Gasteiger partial charge in [-0.1, -0.05) is 19.1 Å². The molecule has 0 bridgehead atoms. The molecule has 0 aliphatic heterocycles. The highest BCUT2D eigenvalue weighted by atomic mass is 19.1. The standard InChI is InChI=1S/C14H22FNO/c1-5-16-13(14(2,3)17-4)10-11-6-8-12(15)9-7-11/h6-9,13,16H,5,10H2,1-4H3. The molecule has 17 heavy (non-hydrogen) atoms. The molecule has 96 valence electrons. The molecule has 0 saturated heterocycles. The van der Waals surface area contributed by atoms with Crippen molar-refractivity contribution in [3.05, 3.63) is 35.6 Å². The molecular formula is C14H22FNO. The average molecular weight is 239 g/mol. The van der Waals surface area contributed by atoms with Crippen molar-refractivity contribution in [1.29, 1.82) is 0 Å². The van der Waals surface area contributed by atoms with Gasteiger partial charge in [0, 0.05) is 13.2 Å². The zero-order chi connectivity index (χ0) is 12.9. The van der Waals surface area contributed by atoms with Gasteiger partial charge in [0.1, 0.15) is 5.82 Å².